The number of amides is 2. The molecule has 1 aromatic carbocycles. The van der Waals surface area contributed by atoms with Crippen molar-refractivity contribution >= 4 is 11.8 Å². The molecule has 0 aromatic heterocycles. The summed E-state index contributed by atoms with van der Waals surface area (Å²) in [5.41, 5.74) is -0.0812. The van der Waals surface area contributed by atoms with Crippen LogP contribution in [-0.2, 0) is 15.0 Å². The van der Waals surface area contributed by atoms with Crippen molar-refractivity contribution in [2.75, 3.05) is 13.1 Å². The maximum Gasteiger partial charge on any atom is 0.245 e. The zero-order valence-corrected chi connectivity index (χ0v) is 12.0. The fourth-order valence-electron chi connectivity index (χ4n) is 3.02. The Morgan fingerprint density at radius 2 is 1.85 bits per heavy atom. The van der Waals surface area contributed by atoms with E-state index in [-0.39, 0.29) is 11.8 Å². The average Bonchev–Trinajstić information content (AvgIpc) is 3.24. The molecule has 2 fully saturated rings. The Morgan fingerprint density at radius 3 is 2.45 bits per heavy atom. The molecule has 1 aliphatic heterocycles. The van der Waals surface area contributed by atoms with Gasteiger partial charge >= 0.3 is 0 Å². The van der Waals surface area contributed by atoms with Crippen LogP contribution in [0.4, 0.5) is 0 Å². The van der Waals surface area contributed by atoms with Gasteiger partial charge in [-0.15, -0.1) is 0 Å². The number of hydrogen-bond donors (Lipinski definition) is 1. The van der Waals surface area contributed by atoms with Crippen molar-refractivity contribution in [3.63, 3.8) is 0 Å². The van der Waals surface area contributed by atoms with Gasteiger partial charge in [-0.3, -0.25) is 9.59 Å². The molecule has 1 N–H and O–H groups in total. The Balaban J connectivity index is 1.91. The number of benzene rings is 1. The van der Waals surface area contributed by atoms with Crippen molar-refractivity contribution in [2.24, 2.45) is 0 Å². The highest BCUT2D eigenvalue weighted by Crippen LogP contribution is 2.50. The predicted molar refractivity (Wildman–Crippen MR) is 76.2 cm³/mol. The van der Waals surface area contributed by atoms with Gasteiger partial charge < -0.3 is 10.2 Å². The smallest absolute Gasteiger partial charge is 0.245 e. The van der Waals surface area contributed by atoms with Crippen molar-refractivity contribution in [3.8, 4) is 0 Å². The molecular formula is C16H20N2O2. The molecule has 0 spiro atoms. The van der Waals surface area contributed by atoms with Gasteiger partial charge in [0.15, 0.2) is 0 Å². The van der Waals surface area contributed by atoms with E-state index in [1.54, 1.807) is 4.90 Å². The molecule has 1 saturated heterocycles. The fourth-order valence-corrected chi connectivity index (χ4v) is 3.02. The molecule has 106 valence electrons. The van der Waals surface area contributed by atoms with Crippen molar-refractivity contribution in [1.29, 1.82) is 0 Å². The van der Waals surface area contributed by atoms with Crippen molar-refractivity contribution in [3.05, 3.63) is 35.9 Å². The Morgan fingerprint density at radius 1 is 1.20 bits per heavy atom. The molecule has 1 aromatic rings. The number of rotatable bonds is 2. The lowest BCUT2D eigenvalue weighted by atomic mass is 9.90. The molecule has 0 atom stereocenters. The van der Waals surface area contributed by atoms with Crippen LogP contribution in [0, 0.1) is 0 Å². The van der Waals surface area contributed by atoms with Gasteiger partial charge in [-0.25, -0.2) is 0 Å². The number of hydrogen-bond acceptors (Lipinski definition) is 2. The molecule has 4 nitrogen and oxygen atoms in total. The van der Waals surface area contributed by atoms with Crippen LogP contribution in [0.2, 0.25) is 0 Å². The van der Waals surface area contributed by atoms with E-state index in [4.69, 9.17) is 0 Å². The number of piperazine rings is 1. The topological polar surface area (TPSA) is 49.4 Å². The lowest BCUT2D eigenvalue weighted by Crippen LogP contribution is -2.65. The zero-order chi connectivity index (χ0) is 14.4. The molecule has 2 aliphatic rings. The zero-order valence-electron chi connectivity index (χ0n) is 12.0. The SMILES string of the molecule is CC1(C)C(=O)NCCN1C(=O)C1(c2ccccc2)CC1. The summed E-state index contributed by atoms with van der Waals surface area (Å²) in [4.78, 5) is 26.8. The first kappa shape index (κ1) is 13.2. The number of nitrogens with one attached hydrogen (secondary N) is 1. The van der Waals surface area contributed by atoms with Crippen LogP contribution < -0.4 is 5.32 Å². The first-order valence-corrected chi connectivity index (χ1v) is 7.14. The maximum atomic E-state index is 13.0. The first-order valence-electron chi connectivity index (χ1n) is 7.14. The normalized spacial score (nSPS) is 23.1. The highest BCUT2D eigenvalue weighted by molar-refractivity contribution is 5.97. The Hall–Kier alpha value is -1.84. The summed E-state index contributed by atoms with van der Waals surface area (Å²) in [5, 5.41) is 2.84. The second-order valence-corrected chi connectivity index (χ2v) is 6.22. The second kappa shape index (κ2) is 4.33. The van der Waals surface area contributed by atoms with E-state index in [1.807, 2.05) is 44.2 Å². The molecule has 0 bridgehead atoms. The van der Waals surface area contributed by atoms with Gasteiger partial charge in [0.1, 0.15) is 5.54 Å². The molecule has 0 radical (unpaired) electrons. The monoisotopic (exact) mass is 272 g/mol. The van der Waals surface area contributed by atoms with Crippen molar-refractivity contribution < 1.29 is 9.59 Å². The molecule has 1 aliphatic carbocycles. The molecule has 3 rings (SSSR count). The lowest BCUT2D eigenvalue weighted by molar-refractivity contribution is -0.151. The van der Waals surface area contributed by atoms with Gasteiger partial charge in [-0.05, 0) is 32.3 Å². The second-order valence-electron chi connectivity index (χ2n) is 6.22. The average molecular weight is 272 g/mol. The van der Waals surface area contributed by atoms with Crippen LogP contribution in [0.15, 0.2) is 30.3 Å². The summed E-state index contributed by atoms with van der Waals surface area (Å²) in [6.07, 6.45) is 1.76. The van der Waals surface area contributed by atoms with Crippen molar-refractivity contribution in [1.82, 2.24) is 10.2 Å². The summed E-state index contributed by atoms with van der Waals surface area (Å²) in [6.45, 7) is 4.77. The van der Waals surface area contributed by atoms with Gasteiger partial charge in [0.2, 0.25) is 11.8 Å². The van der Waals surface area contributed by atoms with Gasteiger partial charge in [-0.2, -0.15) is 0 Å². The van der Waals surface area contributed by atoms with E-state index in [2.05, 4.69) is 5.32 Å². The summed E-state index contributed by atoms with van der Waals surface area (Å²) in [6, 6.07) is 9.93. The van der Waals surface area contributed by atoms with Gasteiger partial charge in [0.05, 0.1) is 5.41 Å². The Bertz CT molecular complexity index is 547. The van der Waals surface area contributed by atoms with Crippen molar-refractivity contribution in [2.45, 2.75) is 37.6 Å². The molecule has 4 heteroatoms. The highest BCUT2D eigenvalue weighted by atomic mass is 16.2. The van der Waals surface area contributed by atoms with Crippen LogP contribution >= 0.6 is 0 Å². The van der Waals surface area contributed by atoms with Gasteiger partial charge in [-0.1, -0.05) is 30.3 Å². The van der Waals surface area contributed by atoms with Crippen LogP contribution in [0.1, 0.15) is 32.3 Å². The van der Waals surface area contributed by atoms with Gasteiger partial charge in [0, 0.05) is 13.1 Å². The third-order valence-electron chi connectivity index (χ3n) is 4.58. The standard InChI is InChI=1S/C16H20N2O2/c1-15(2)13(19)17-10-11-18(15)14(20)16(8-9-16)12-6-4-3-5-7-12/h3-7H,8-11H2,1-2H3,(H,17,19). The molecule has 20 heavy (non-hydrogen) atoms. The highest BCUT2D eigenvalue weighted by Gasteiger charge is 2.56. The number of carbonyl (C=O) groups excluding carboxylic acids is 2. The number of nitrogens with zero attached hydrogens (tertiary/aromatic N) is 1. The maximum absolute atomic E-state index is 13.0. The summed E-state index contributed by atoms with van der Waals surface area (Å²) >= 11 is 0. The molecule has 1 saturated carbocycles. The lowest BCUT2D eigenvalue weighted by Gasteiger charge is -2.43. The predicted octanol–water partition coefficient (Wildman–Crippen LogP) is 1.46. The van der Waals surface area contributed by atoms with Crippen LogP contribution in [0.5, 0.6) is 0 Å². The van der Waals surface area contributed by atoms with E-state index in [0.717, 1.165) is 18.4 Å². The van der Waals surface area contributed by atoms with Crippen LogP contribution in [0.25, 0.3) is 0 Å². The summed E-state index contributed by atoms with van der Waals surface area (Å²) in [7, 11) is 0. The largest absolute Gasteiger partial charge is 0.352 e. The van der Waals surface area contributed by atoms with E-state index < -0.39 is 11.0 Å². The van der Waals surface area contributed by atoms with Crippen LogP contribution in [0.3, 0.4) is 0 Å². The molecule has 0 unspecified atom stereocenters. The van der Waals surface area contributed by atoms with E-state index in [9.17, 15) is 9.59 Å². The summed E-state index contributed by atoms with van der Waals surface area (Å²) in [5.74, 6) is 0.0320. The number of carbonyl (C=O) groups is 2. The minimum atomic E-state index is -0.764. The fraction of sp³-hybridized carbons (Fsp3) is 0.500. The minimum absolute atomic E-state index is 0.0686. The first-order chi connectivity index (χ1) is 9.48. The van der Waals surface area contributed by atoms with E-state index in [1.165, 1.54) is 0 Å². The third kappa shape index (κ3) is 1.82. The minimum Gasteiger partial charge on any atom is -0.352 e. The summed E-state index contributed by atoms with van der Waals surface area (Å²) < 4.78 is 0. The molecule has 1 heterocycles. The van der Waals surface area contributed by atoms with Crippen LogP contribution in [-0.4, -0.2) is 35.3 Å². The molecule has 2 amide bonds. The van der Waals surface area contributed by atoms with E-state index >= 15 is 0 Å². The quantitative estimate of drug-likeness (QED) is 0.886. The van der Waals surface area contributed by atoms with E-state index in [0.29, 0.717) is 13.1 Å². The Kier molecular flexibility index (Phi) is 2.85. The Labute approximate surface area is 119 Å². The van der Waals surface area contributed by atoms with Gasteiger partial charge in [0.25, 0.3) is 0 Å². The molecular weight excluding hydrogens is 252 g/mol. The third-order valence-corrected chi connectivity index (χ3v) is 4.58.